The van der Waals surface area contributed by atoms with Crippen LogP contribution in [0.5, 0.6) is 0 Å². The summed E-state index contributed by atoms with van der Waals surface area (Å²) in [4.78, 5) is 29.2. The zero-order valence-corrected chi connectivity index (χ0v) is 24.5. The minimum absolute atomic E-state index is 0.000684. The fraction of sp³-hybridized carbons (Fsp3) is 0.562. The van der Waals surface area contributed by atoms with Gasteiger partial charge in [-0.15, -0.1) is 0 Å². The second kappa shape index (κ2) is 14.9. The number of esters is 1. The van der Waals surface area contributed by atoms with E-state index in [2.05, 4.69) is 20.4 Å². The minimum atomic E-state index is -0.616. The smallest absolute Gasteiger partial charge is 0.325 e. The Balaban J connectivity index is 1.28. The molecule has 0 spiro atoms. The number of anilines is 1. The number of aliphatic hydroxyl groups excluding tert-OH is 1. The van der Waals surface area contributed by atoms with Crippen molar-refractivity contribution in [3.05, 3.63) is 65.2 Å². The van der Waals surface area contributed by atoms with Crippen molar-refractivity contribution in [1.29, 1.82) is 0 Å². The zero-order valence-electron chi connectivity index (χ0n) is 24.5. The molecule has 2 amide bonds. The fourth-order valence-electron chi connectivity index (χ4n) is 6.20. The summed E-state index contributed by atoms with van der Waals surface area (Å²) in [7, 11) is 0. The van der Waals surface area contributed by atoms with E-state index in [1.165, 1.54) is 38.8 Å². The van der Waals surface area contributed by atoms with Crippen LogP contribution in [0, 0.1) is 0 Å². The third kappa shape index (κ3) is 8.29. The van der Waals surface area contributed by atoms with Gasteiger partial charge in [0, 0.05) is 36.8 Å². The van der Waals surface area contributed by atoms with Crippen LogP contribution in [0.25, 0.3) is 0 Å². The predicted octanol–water partition coefficient (Wildman–Crippen LogP) is 3.97. The number of hydrogen-bond acceptors (Lipinski definition) is 8. The summed E-state index contributed by atoms with van der Waals surface area (Å²) < 4.78 is 18.0. The molecule has 42 heavy (non-hydrogen) atoms. The Morgan fingerprint density at radius 1 is 1.00 bits per heavy atom. The Hall–Kier alpha value is -3.02. The molecule has 3 aliphatic heterocycles. The molecule has 0 saturated carbocycles. The Morgan fingerprint density at radius 3 is 2.57 bits per heavy atom. The zero-order chi connectivity index (χ0) is 29.3. The number of rotatable bonds is 11. The quantitative estimate of drug-likeness (QED) is 0.343. The lowest BCUT2D eigenvalue weighted by Gasteiger charge is -2.39. The van der Waals surface area contributed by atoms with E-state index >= 15 is 0 Å². The normalized spacial score (nSPS) is 24.9. The van der Waals surface area contributed by atoms with Crippen LogP contribution < -0.4 is 10.6 Å². The number of benzene rings is 2. The molecule has 3 saturated heterocycles. The summed E-state index contributed by atoms with van der Waals surface area (Å²) in [5.41, 5.74) is 3.28. The van der Waals surface area contributed by atoms with Gasteiger partial charge < -0.3 is 34.9 Å². The molecule has 3 heterocycles. The van der Waals surface area contributed by atoms with Gasteiger partial charge in [0.15, 0.2) is 6.29 Å². The first kappa shape index (κ1) is 30.4. The van der Waals surface area contributed by atoms with Crippen LogP contribution in [-0.4, -0.2) is 84.9 Å². The van der Waals surface area contributed by atoms with Gasteiger partial charge in [-0.3, -0.25) is 9.69 Å². The van der Waals surface area contributed by atoms with Crippen LogP contribution in [0.2, 0.25) is 0 Å². The lowest BCUT2D eigenvalue weighted by atomic mass is 9.99. The first-order valence-electron chi connectivity index (χ1n) is 15.3. The maximum absolute atomic E-state index is 12.4. The van der Waals surface area contributed by atoms with E-state index in [9.17, 15) is 14.7 Å². The summed E-state index contributed by atoms with van der Waals surface area (Å²) in [6, 6.07) is 15.4. The molecule has 10 heteroatoms. The van der Waals surface area contributed by atoms with Crippen LogP contribution >= 0.6 is 0 Å². The van der Waals surface area contributed by atoms with Gasteiger partial charge in [-0.1, -0.05) is 36.4 Å². The SMILES string of the molecule is CCOC(=O)CNC(=O)Nc1cccc([C@H]2O[C@@H](CN3CCC[C@H]3CN3CCCC3)C[C@@H](c3ccc(CO)cc3)O2)c1. The Labute approximate surface area is 248 Å². The monoisotopic (exact) mass is 580 g/mol. The van der Waals surface area contributed by atoms with E-state index in [0.717, 1.165) is 42.7 Å². The van der Waals surface area contributed by atoms with Gasteiger partial charge in [0.05, 0.1) is 25.4 Å². The van der Waals surface area contributed by atoms with E-state index in [1.54, 1.807) is 13.0 Å². The van der Waals surface area contributed by atoms with E-state index in [-0.39, 0.29) is 32.0 Å². The van der Waals surface area contributed by atoms with Crippen molar-refractivity contribution in [3.63, 3.8) is 0 Å². The van der Waals surface area contributed by atoms with Crippen molar-refractivity contribution in [1.82, 2.24) is 15.1 Å². The van der Waals surface area contributed by atoms with E-state index in [0.29, 0.717) is 11.7 Å². The number of amides is 2. The summed E-state index contributed by atoms with van der Waals surface area (Å²) in [5, 5.41) is 14.8. The third-order valence-electron chi connectivity index (χ3n) is 8.34. The van der Waals surface area contributed by atoms with Gasteiger partial charge in [-0.25, -0.2) is 4.79 Å². The first-order chi connectivity index (χ1) is 20.5. The average molecular weight is 581 g/mol. The highest BCUT2D eigenvalue weighted by Gasteiger charge is 2.36. The molecule has 0 radical (unpaired) electrons. The summed E-state index contributed by atoms with van der Waals surface area (Å²) >= 11 is 0. The highest BCUT2D eigenvalue weighted by atomic mass is 16.7. The molecule has 228 valence electrons. The Kier molecular flexibility index (Phi) is 10.8. The number of nitrogens with zero attached hydrogens (tertiary/aromatic N) is 2. The lowest BCUT2D eigenvalue weighted by Crippen LogP contribution is -2.45. The van der Waals surface area contributed by atoms with Crippen LogP contribution in [-0.2, 0) is 25.6 Å². The van der Waals surface area contributed by atoms with Crippen molar-refractivity contribution < 1.29 is 28.9 Å². The summed E-state index contributed by atoms with van der Waals surface area (Å²) in [6.07, 6.45) is 4.95. The van der Waals surface area contributed by atoms with Crippen molar-refractivity contribution in [2.45, 2.75) is 70.2 Å². The average Bonchev–Trinajstić information content (AvgIpc) is 3.69. The van der Waals surface area contributed by atoms with Gasteiger partial charge >= 0.3 is 12.0 Å². The lowest BCUT2D eigenvalue weighted by molar-refractivity contribution is -0.253. The molecule has 4 atom stereocenters. The van der Waals surface area contributed by atoms with Gasteiger partial charge in [-0.05, 0) is 75.5 Å². The van der Waals surface area contributed by atoms with Crippen LogP contribution in [0.15, 0.2) is 48.5 Å². The molecule has 2 aromatic rings. The topological polar surface area (TPSA) is 113 Å². The molecule has 0 aliphatic carbocycles. The van der Waals surface area contributed by atoms with Gasteiger partial charge in [0.25, 0.3) is 0 Å². The molecule has 3 N–H and O–H groups in total. The summed E-state index contributed by atoms with van der Waals surface area (Å²) in [5.74, 6) is -0.491. The molecule has 5 rings (SSSR count). The number of aliphatic hydroxyl groups is 1. The number of urea groups is 1. The Morgan fingerprint density at radius 2 is 1.81 bits per heavy atom. The maximum atomic E-state index is 12.4. The summed E-state index contributed by atoms with van der Waals surface area (Å²) in [6.45, 7) is 7.24. The largest absolute Gasteiger partial charge is 0.465 e. The standard InChI is InChI=1S/C32H44N4O6/c1-2-40-30(38)19-33-32(39)34-26-8-5-7-25(17-26)31-41-28(18-29(42-31)24-12-10-23(22-37)11-13-24)21-36-16-6-9-27(36)20-35-14-3-4-15-35/h5,7-8,10-13,17,27-29,31,37H,2-4,6,9,14-16,18-22H2,1H3,(H2,33,34,39)/t27-,28+,29-,31-/m0/s1. The minimum Gasteiger partial charge on any atom is -0.465 e. The van der Waals surface area contributed by atoms with E-state index in [1.807, 2.05) is 42.5 Å². The molecule has 0 aromatic heterocycles. The first-order valence-corrected chi connectivity index (χ1v) is 15.3. The number of nitrogens with one attached hydrogen (secondary N) is 2. The second-order valence-corrected chi connectivity index (χ2v) is 11.4. The van der Waals surface area contributed by atoms with Gasteiger partial charge in [-0.2, -0.15) is 0 Å². The molecular formula is C32H44N4O6. The number of likely N-dealkylation sites (tertiary alicyclic amines) is 2. The van der Waals surface area contributed by atoms with Crippen LogP contribution in [0.1, 0.15) is 68.1 Å². The maximum Gasteiger partial charge on any atom is 0.325 e. The van der Waals surface area contributed by atoms with Crippen molar-refractivity contribution in [2.75, 3.05) is 51.2 Å². The second-order valence-electron chi connectivity index (χ2n) is 11.4. The molecule has 3 aliphatic rings. The fourth-order valence-corrected chi connectivity index (χ4v) is 6.20. The van der Waals surface area contributed by atoms with Gasteiger partial charge in [0.2, 0.25) is 0 Å². The van der Waals surface area contributed by atoms with Crippen LogP contribution in [0.3, 0.4) is 0 Å². The highest BCUT2D eigenvalue weighted by molar-refractivity contribution is 5.91. The van der Waals surface area contributed by atoms with Crippen molar-refractivity contribution >= 4 is 17.7 Å². The Bertz CT molecular complexity index is 1170. The number of hydrogen-bond donors (Lipinski definition) is 3. The highest BCUT2D eigenvalue weighted by Crippen LogP contribution is 2.39. The molecule has 0 bridgehead atoms. The van der Waals surface area contributed by atoms with Crippen molar-refractivity contribution in [2.24, 2.45) is 0 Å². The third-order valence-corrected chi connectivity index (χ3v) is 8.34. The predicted molar refractivity (Wildman–Crippen MR) is 159 cm³/mol. The van der Waals surface area contributed by atoms with E-state index < -0.39 is 18.3 Å². The van der Waals surface area contributed by atoms with Crippen LogP contribution in [0.4, 0.5) is 10.5 Å². The number of carbonyl (C=O) groups is 2. The number of ether oxygens (including phenoxy) is 3. The van der Waals surface area contributed by atoms with Gasteiger partial charge in [0.1, 0.15) is 6.54 Å². The molecule has 3 fully saturated rings. The molecule has 2 aromatic carbocycles. The number of carbonyl (C=O) groups excluding carboxylic acids is 2. The van der Waals surface area contributed by atoms with E-state index in [4.69, 9.17) is 14.2 Å². The molecule has 10 nitrogen and oxygen atoms in total. The molecule has 0 unspecified atom stereocenters. The molecular weight excluding hydrogens is 536 g/mol. The van der Waals surface area contributed by atoms with Crippen molar-refractivity contribution in [3.8, 4) is 0 Å².